The highest BCUT2D eigenvalue weighted by molar-refractivity contribution is 7.92. The van der Waals surface area contributed by atoms with Gasteiger partial charge in [-0.25, -0.2) is 13.2 Å². The largest absolute Gasteiger partial charge is 0.323 e. The molecule has 0 saturated heterocycles. The Labute approximate surface area is 154 Å². The monoisotopic (exact) mass is 373 g/mol. The molecule has 2 aromatic rings. The van der Waals surface area contributed by atoms with Gasteiger partial charge in [0.15, 0.2) is 0 Å². The highest BCUT2D eigenvalue weighted by Crippen LogP contribution is 2.33. The molecule has 0 saturated carbocycles. The summed E-state index contributed by atoms with van der Waals surface area (Å²) >= 11 is 0. The maximum Gasteiger partial charge on any atom is 0.323 e. The van der Waals surface area contributed by atoms with E-state index in [1.165, 1.54) is 4.31 Å². The number of urea groups is 1. The zero-order valence-corrected chi connectivity index (χ0v) is 16.0. The highest BCUT2D eigenvalue weighted by atomic mass is 32.2. The number of hydrogen-bond acceptors (Lipinski definition) is 3. The number of rotatable bonds is 4. The third-order valence-corrected chi connectivity index (χ3v) is 6.16. The first kappa shape index (κ1) is 18.3. The molecule has 138 valence electrons. The molecule has 1 aliphatic heterocycles. The number of fused-ring (bicyclic) bond motifs is 1. The lowest BCUT2D eigenvalue weighted by molar-refractivity contribution is 0.262. The lowest BCUT2D eigenvalue weighted by atomic mass is 10.1. The third-order valence-electron chi connectivity index (χ3n) is 4.38. The zero-order valence-electron chi connectivity index (χ0n) is 15.2. The van der Waals surface area contributed by atoms with E-state index in [1.54, 1.807) is 19.1 Å². The summed E-state index contributed by atoms with van der Waals surface area (Å²) in [6.07, 6.45) is 0.684. The van der Waals surface area contributed by atoms with Gasteiger partial charge in [0.1, 0.15) is 0 Å². The zero-order chi connectivity index (χ0) is 18.9. The van der Waals surface area contributed by atoms with Crippen LogP contribution in [0, 0.1) is 13.8 Å². The molecule has 7 heteroatoms. The minimum absolute atomic E-state index is 0.0529. The Morgan fingerprint density at radius 1 is 1.04 bits per heavy atom. The van der Waals surface area contributed by atoms with Crippen LogP contribution in [0.5, 0.6) is 0 Å². The van der Waals surface area contributed by atoms with Crippen molar-refractivity contribution < 1.29 is 13.2 Å². The van der Waals surface area contributed by atoms with Gasteiger partial charge in [-0.1, -0.05) is 12.1 Å². The summed E-state index contributed by atoms with van der Waals surface area (Å²) in [7, 11) is -3.31. The van der Waals surface area contributed by atoms with Crippen molar-refractivity contribution in [3.63, 3.8) is 0 Å². The summed E-state index contributed by atoms with van der Waals surface area (Å²) in [4.78, 5) is 12.3. The molecule has 26 heavy (non-hydrogen) atoms. The van der Waals surface area contributed by atoms with E-state index >= 15 is 0 Å². The first-order valence-corrected chi connectivity index (χ1v) is 10.2. The Hall–Kier alpha value is -2.54. The van der Waals surface area contributed by atoms with Crippen molar-refractivity contribution in [3.8, 4) is 0 Å². The molecule has 2 aromatic carbocycles. The van der Waals surface area contributed by atoms with Crippen molar-refractivity contribution in [3.05, 3.63) is 53.1 Å². The summed E-state index contributed by atoms with van der Waals surface area (Å²) in [5.41, 5.74) is 5.04. The summed E-state index contributed by atoms with van der Waals surface area (Å²) in [6.45, 7) is 6.02. The first-order chi connectivity index (χ1) is 12.3. The number of benzene rings is 2. The van der Waals surface area contributed by atoms with Crippen molar-refractivity contribution in [1.29, 1.82) is 0 Å². The van der Waals surface area contributed by atoms with Crippen LogP contribution < -0.4 is 14.9 Å². The van der Waals surface area contributed by atoms with E-state index in [0.717, 1.165) is 22.4 Å². The van der Waals surface area contributed by atoms with Gasteiger partial charge in [-0.2, -0.15) is 0 Å². The summed E-state index contributed by atoms with van der Waals surface area (Å²) < 4.78 is 25.9. The average molecular weight is 373 g/mol. The maximum absolute atomic E-state index is 12.3. The summed E-state index contributed by atoms with van der Waals surface area (Å²) in [5.74, 6) is 0.0529. The Bertz CT molecular complexity index is 934. The van der Waals surface area contributed by atoms with Gasteiger partial charge in [0.05, 0.1) is 11.4 Å². The molecular weight excluding hydrogens is 350 g/mol. The van der Waals surface area contributed by atoms with Crippen molar-refractivity contribution >= 4 is 33.1 Å². The van der Waals surface area contributed by atoms with E-state index in [0.29, 0.717) is 24.3 Å². The van der Waals surface area contributed by atoms with E-state index in [2.05, 4.69) is 10.6 Å². The lowest BCUT2D eigenvalue weighted by Gasteiger charge is -2.19. The van der Waals surface area contributed by atoms with E-state index < -0.39 is 10.0 Å². The predicted molar refractivity (Wildman–Crippen MR) is 106 cm³/mol. The van der Waals surface area contributed by atoms with Crippen LogP contribution in [-0.2, 0) is 16.4 Å². The second kappa shape index (κ2) is 6.99. The Balaban J connectivity index is 1.77. The second-order valence-electron chi connectivity index (χ2n) is 6.52. The molecule has 0 fully saturated rings. The molecule has 0 aliphatic carbocycles. The van der Waals surface area contributed by atoms with Crippen LogP contribution in [0.15, 0.2) is 36.4 Å². The van der Waals surface area contributed by atoms with Crippen molar-refractivity contribution in [2.45, 2.75) is 27.2 Å². The van der Waals surface area contributed by atoms with Gasteiger partial charge in [-0.3, -0.25) is 4.31 Å². The molecule has 0 aromatic heterocycles. The van der Waals surface area contributed by atoms with Gasteiger partial charge >= 0.3 is 6.03 Å². The topological polar surface area (TPSA) is 78.5 Å². The predicted octanol–water partition coefficient (Wildman–Crippen LogP) is 3.66. The van der Waals surface area contributed by atoms with Crippen LogP contribution >= 0.6 is 0 Å². The van der Waals surface area contributed by atoms with Crippen LogP contribution in [0.3, 0.4) is 0 Å². The average Bonchev–Trinajstić information content (AvgIpc) is 2.97. The van der Waals surface area contributed by atoms with Crippen LogP contribution in [0.25, 0.3) is 0 Å². The number of anilines is 3. The maximum atomic E-state index is 12.3. The summed E-state index contributed by atoms with van der Waals surface area (Å²) in [5, 5.41) is 5.59. The highest BCUT2D eigenvalue weighted by Gasteiger charge is 2.28. The van der Waals surface area contributed by atoms with Crippen LogP contribution in [-0.4, -0.2) is 26.7 Å². The molecular formula is C19H23N3O3S. The van der Waals surface area contributed by atoms with E-state index in [-0.39, 0.29) is 11.8 Å². The number of aryl methyl sites for hydroxylation is 2. The number of nitrogens with zero attached hydrogens (tertiary/aromatic N) is 1. The number of nitrogens with one attached hydrogen (secondary N) is 2. The second-order valence-corrected chi connectivity index (χ2v) is 8.70. The van der Waals surface area contributed by atoms with Gasteiger partial charge in [-0.05, 0) is 68.1 Å². The molecule has 1 aliphatic rings. The quantitative estimate of drug-likeness (QED) is 0.858. The van der Waals surface area contributed by atoms with Gasteiger partial charge < -0.3 is 10.6 Å². The normalized spacial score (nSPS) is 13.4. The molecule has 0 atom stereocenters. The third kappa shape index (κ3) is 3.83. The number of sulfonamides is 1. The minimum atomic E-state index is -3.31. The number of amides is 2. The van der Waals surface area contributed by atoms with Crippen LogP contribution in [0.4, 0.5) is 21.9 Å². The van der Waals surface area contributed by atoms with Crippen LogP contribution in [0.1, 0.15) is 23.6 Å². The molecule has 2 N–H and O–H groups in total. The molecule has 2 amide bonds. The molecule has 3 rings (SSSR count). The Morgan fingerprint density at radius 2 is 1.69 bits per heavy atom. The minimum Gasteiger partial charge on any atom is -0.308 e. The van der Waals surface area contributed by atoms with Gasteiger partial charge in [0.25, 0.3) is 0 Å². The lowest BCUT2D eigenvalue weighted by Crippen LogP contribution is -2.30. The summed E-state index contributed by atoms with van der Waals surface area (Å²) in [6, 6.07) is 10.8. The fourth-order valence-electron chi connectivity index (χ4n) is 3.21. The molecule has 0 unspecified atom stereocenters. The number of carbonyl (C=O) groups is 1. The fourth-order valence-corrected chi connectivity index (χ4v) is 4.36. The van der Waals surface area contributed by atoms with Crippen molar-refractivity contribution in [1.82, 2.24) is 0 Å². The van der Waals surface area contributed by atoms with Gasteiger partial charge in [0, 0.05) is 17.9 Å². The van der Waals surface area contributed by atoms with Gasteiger partial charge in [0.2, 0.25) is 10.0 Å². The van der Waals surface area contributed by atoms with E-state index in [9.17, 15) is 13.2 Å². The molecule has 1 heterocycles. The van der Waals surface area contributed by atoms with E-state index in [4.69, 9.17) is 0 Å². The molecule has 0 radical (unpaired) electrons. The van der Waals surface area contributed by atoms with Crippen molar-refractivity contribution in [2.75, 3.05) is 27.2 Å². The smallest absolute Gasteiger partial charge is 0.308 e. The SMILES string of the molecule is CCS(=O)(=O)N1CCc2ccc(NC(=O)Nc3cc(C)cc(C)c3)cc21. The Morgan fingerprint density at radius 3 is 2.35 bits per heavy atom. The number of carbonyl (C=O) groups excluding carboxylic acids is 1. The van der Waals surface area contributed by atoms with Gasteiger partial charge in [-0.15, -0.1) is 0 Å². The Kier molecular flexibility index (Phi) is 4.91. The first-order valence-electron chi connectivity index (χ1n) is 8.58. The number of hydrogen-bond donors (Lipinski definition) is 2. The fraction of sp³-hybridized carbons (Fsp3) is 0.316. The molecule has 6 nitrogen and oxygen atoms in total. The van der Waals surface area contributed by atoms with Crippen LogP contribution in [0.2, 0.25) is 0 Å². The molecule has 0 bridgehead atoms. The molecule has 0 spiro atoms. The van der Waals surface area contributed by atoms with Crippen molar-refractivity contribution in [2.24, 2.45) is 0 Å². The standard InChI is InChI=1S/C19H23N3O3S/c1-4-26(24,25)22-8-7-15-5-6-16(12-18(15)22)20-19(23)21-17-10-13(2)9-14(3)11-17/h5-6,9-12H,4,7-8H2,1-3H3,(H2,20,21,23). The van der Waals surface area contributed by atoms with E-state index in [1.807, 2.05) is 38.1 Å².